The van der Waals surface area contributed by atoms with Crippen LogP contribution in [0.1, 0.15) is 38.7 Å². The monoisotopic (exact) mass is 361 g/mol. The van der Waals surface area contributed by atoms with Gasteiger partial charge in [-0.3, -0.25) is 0 Å². The summed E-state index contributed by atoms with van der Waals surface area (Å²) in [5.41, 5.74) is 0.761. The van der Waals surface area contributed by atoms with Crippen LogP contribution in [0.25, 0.3) is 0 Å². The van der Waals surface area contributed by atoms with Crippen LogP contribution in [0.15, 0.2) is 22.7 Å². The lowest BCUT2D eigenvalue weighted by molar-refractivity contribution is -0.0505. The number of alkyl halides is 2. The van der Waals surface area contributed by atoms with E-state index in [0.717, 1.165) is 22.4 Å². The Bertz CT molecular complexity index is 470. The number of benzene rings is 1. The largest absolute Gasteiger partial charge is 0.434 e. The Morgan fingerprint density at radius 1 is 1.38 bits per heavy atom. The lowest BCUT2D eigenvalue weighted by Crippen LogP contribution is -2.32. The first-order valence-corrected chi connectivity index (χ1v) is 8.27. The summed E-state index contributed by atoms with van der Waals surface area (Å²) in [5, 5.41) is 3.51. The maximum absolute atomic E-state index is 12.4. The predicted molar refractivity (Wildman–Crippen MR) is 83.6 cm³/mol. The quantitative estimate of drug-likeness (QED) is 0.772. The Kier molecular flexibility index (Phi) is 5.99. The van der Waals surface area contributed by atoms with Crippen LogP contribution in [0.3, 0.4) is 0 Å². The fraction of sp³-hybridized carbons (Fsp3) is 0.625. The van der Waals surface area contributed by atoms with E-state index in [9.17, 15) is 8.78 Å². The number of hydrogen-bond acceptors (Lipinski definition) is 2. The molecular formula is C16H22BrF2NO. The zero-order valence-electron chi connectivity index (χ0n) is 12.4. The molecule has 1 fully saturated rings. The van der Waals surface area contributed by atoms with Crippen molar-refractivity contribution < 1.29 is 13.5 Å². The molecule has 1 aliphatic carbocycles. The van der Waals surface area contributed by atoms with Crippen LogP contribution in [-0.2, 0) is 6.54 Å². The van der Waals surface area contributed by atoms with Gasteiger partial charge < -0.3 is 10.1 Å². The van der Waals surface area contributed by atoms with Crippen LogP contribution >= 0.6 is 15.9 Å². The van der Waals surface area contributed by atoms with Gasteiger partial charge in [-0.05, 0) is 42.9 Å². The Balaban J connectivity index is 2.01. The number of nitrogens with one attached hydrogen (secondary N) is 1. The van der Waals surface area contributed by atoms with Crippen LogP contribution in [0.2, 0.25) is 0 Å². The summed E-state index contributed by atoms with van der Waals surface area (Å²) in [6, 6.07) is 5.59. The molecule has 1 aromatic rings. The lowest BCUT2D eigenvalue weighted by atomic mass is 9.93. The minimum absolute atomic E-state index is 0.249. The normalized spacial score (nSPS) is 25.5. The molecule has 0 aliphatic heterocycles. The van der Waals surface area contributed by atoms with Crippen molar-refractivity contribution in [2.75, 3.05) is 0 Å². The maximum atomic E-state index is 12.4. The molecule has 0 radical (unpaired) electrons. The first kappa shape index (κ1) is 16.7. The van der Waals surface area contributed by atoms with Crippen LogP contribution in [0, 0.1) is 11.8 Å². The third-order valence-electron chi connectivity index (χ3n) is 4.54. The molecule has 0 amide bonds. The average Bonchev–Trinajstić information content (AvgIpc) is 2.79. The van der Waals surface area contributed by atoms with Gasteiger partial charge in [-0.25, -0.2) is 0 Å². The second-order valence-electron chi connectivity index (χ2n) is 5.72. The van der Waals surface area contributed by atoms with Gasteiger partial charge in [0, 0.05) is 22.6 Å². The minimum atomic E-state index is -2.79. The maximum Gasteiger partial charge on any atom is 0.387 e. The number of ether oxygens (including phenoxy) is 1. The Morgan fingerprint density at radius 3 is 2.76 bits per heavy atom. The first-order valence-electron chi connectivity index (χ1n) is 7.47. The van der Waals surface area contributed by atoms with Gasteiger partial charge >= 0.3 is 6.61 Å². The smallest absolute Gasteiger partial charge is 0.387 e. The topological polar surface area (TPSA) is 21.3 Å². The summed E-state index contributed by atoms with van der Waals surface area (Å²) >= 11 is 3.38. The molecule has 1 saturated carbocycles. The van der Waals surface area contributed by atoms with Crippen molar-refractivity contribution in [3.05, 3.63) is 28.2 Å². The van der Waals surface area contributed by atoms with Crippen molar-refractivity contribution >= 4 is 15.9 Å². The van der Waals surface area contributed by atoms with E-state index < -0.39 is 6.61 Å². The van der Waals surface area contributed by atoms with Crippen molar-refractivity contribution in [1.82, 2.24) is 5.32 Å². The summed E-state index contributed by atoms with van der Waals surface area (Å²) in [5.74, 6) is 1.64. The van der Waals surface area contributed by atoms with Gasteiger partial charge in [0.05, 0.1) is 0 Å². The fourth-order valence-electron chi connectivity index (χ4n) is 3.25. The molecule has 0 aromatic heterocycles. The van der Waals surface area contributed by atoms with Crippen LogP contribution in [-0.4, -0.2) is 12.7 Å². The van der Waals surface area contributed by atoms with Crippen molar-refractivity contribution in [2.24, 2.45) is 11.8 Å². The zero-order chi connectivity index (χ0) is 15.4. The highest BCUT2D eigenvalue weighted by molar-refractivity contribution is 9.10. The highest BCUT2D eigenvalue weighted by Crippen LogP contribution is 2.34. The van der Waals surface area contributed by atoms with E-state index in [1.165, 1.54) is 12.8 Å². The van der Waals surface area contributed by atoms with E-state index in [4.69, 9.17) is 0 Å². The summed E-state index contributed by atoms with van der Waals surface area (Å²) < 4.78 is 30.4. The second-order valence-corrected chi connectivity index (χ2v) is 6.64. The van der Waals surface area contributed by atoms with E-state index in [2.05, 4.69) is 39.8 Å². The molecule has 0 saturated heterocycles. The van der Waals surface area contributed by atoms with Crippen LogP contribution in [0.4, 0.5) is 8.78 Å². The molecule has 1 aromatic carbocycles. The molecule has 118 valence electrons. The van der Waals surface area contributed by atoms with E-state index in [1.807, 2.05) is 6.07 Å². The molecule has 3 atom stereocenters. The third kappa shape index (κ3) is 4.39. The SMILES string of the molecule is CCC1CCC(NCc2cc(Br)ccc2OC(F)F)C1C. The van der Waals surface area contributed by atoms with Crippen molar-refractivity contribution in [3.63, 3.8) is 0 Å². The molecule has 1 N–H and O–H groups in total. The molecule has 5 heteroatoms. The van der Waals surface area contributed by atoms with Gasteiger partial charge in [0.1, 0.15) is 5.75 Å². The summed E-state index contributed by atoms with van der Waals surface area (Å²) in [6.07, 6.45) is 3.60. The molecule has 2 nitrogen and oxygen atoms in total. The lowest BCUT2D eigenvalue weighted by Gasteiger charge is -2.22. The van der Waals surface area contributed by atoms with E-state index in [1.54, 1.807) is 12.1 Å². The molecular weight excluding hydrogens is 340 g/mol. The van der Waals surface area contributed by atoms with E-state index >= 15 is 0 Å². The second kappa shape index (κ2) is 7.54. The summed E-state index contributed by atoms with van der Waals surface area (Å²) in [4.78, 5) is 0. The first-order chi connectivity index (χ1) is 10.0. The van der Waals surface area contributed by atoms with Crippen molar-refractivity contribution in [3.8, 4) is 5.75 Å². The predicted octanol–water partition coefficient (Wildman–Crippen LogP) is 4.96. The van der Waals surface area contributed by atoms with Crippen molar-refractivity contribution in [2.45, 2.75) is 52.3 Å². The number of rotatable bonds is 6. The van der Waals surface area contributed by atoms with Gasteiger partial charge in [-0.1, -0.05) is 36.2 Å². The molecule has 3 unspecified atom stereocenters. The number of halogens is 3. The fourth-order valence-corrected chi connectivity index (χ4v) is 3.66. The van der Waals surface area contributed by atoms with Crippen molar-refractivity contribution in [1.29, 1.82) is 0 Å². The Labute approximate surface area is 133 Å². The van der Waals surface area contributed by atoms with Crippen LogP contribution < -0.4 is 10.1 Å². The summed E-state index contributed by atoms with van der Waals surface area (Å²) in [6.45, 7) is 2.26. The molecule has 21 heavy (non-hydrogen) atoms. The van der Waals surface area contributed by atoms with Crippen LogP contribution in [0.5, 0.6) is 5.75 Å². The van der Waals surface area contributed by atoms with E-state index in [0.29, 0.717) is 18.5 Å². The molecule has 0 bridgehead atoms. The molecule has 2 rings (SSSR count). The molecule has 1 aliphatic rings. The van der Waals surface area contributed by atoms with Gasteiger partial charge in [-0.15, -0.1) is 0 Å². The minimum Gasteiger partial charge on any atom is -0.434 e. The highest BCUT2D eigenvalue weighted by atomic mass is 79.9. The number of hydrogen-bond donors (Lipinski definition) is 1. The van der Waals surface area contributed by atoms with Gasteiger partial charge in [0.25, 0.3) is 0 Å². The van der Waals surface area contributed by atoms with Gasteiger partial charge in [0.2, 0.25) is 0 Å². The van der Waals surface area contributed by atoms with Gasteiger partial charge in [-0.2, -0.15) is 8.78 Å². The average molecular weight is 362 g/mol. The molecule has 0 heterocycles. The summed E-state index contributed by atoms with van der Waals surface area (Å²) in [7, 11) is 0. The zero-order valence-corrected chi connectivity index (χ0v) is 14.0. The standard InChI is InChI=1S/C16H22BrF2NO/c1-3-11-4-6-14(10(11)2)20-9-12-8-13(17)5-7-15(12)21-16(18)19/h5,7-8,10-11,14,16,20H,3-4,6,9H2,1-2H3. The Morgan fingerprint density at radius 2 is 2.14 bits per heavy atom. The van der Waals surface area contributed by atoms with E-state index in [-0.39, 0.29) is 5.75 Å². The molecule has 0 spiro atoms. The van der Waals surface area contributed by atoms with Gasteiger partial charge in [0.15, 0.2) is 0 Å². The third-order valence-corrected chi connectivity index (χ3v) is 5.04. The highest BCUT2D eigenvalue weighted by Gasteiger charge is 2.31. The Hall–Kier alpha value is -0.680.